The van der Waals surface area contributed by atoms with E-state index in [4.69, 9.17) is 22.4 Å². The highest BCUT2D eigenvalue weighted by molar-refractivity contribution is 6.35. The maximum absolute atomic E-state index is 11.0. The van der Waals surface area contributed by atoms with Crippen molar-refractivity contribution in [1.29, 1.82) is 0 Å². The molecule has 1 unspecified atom stereocenters. The number of hydrogen-bond acceptors (Lipinski definition) is 2. The van der Waals surface area contributed by atoms with Gasteiger partial charge in [-0.15, -0.1) is 0 Å². The van der Waals surface area contributed by atoms with Gasteiger partial charge in [0.2, 0.25) is 0 Å². The van der Waals surface area contributed by atoms with Crippen LogP contribution < -0.4 is 5.73 Å². The number of aromatic amines is 1. The van der Waals surface area contributed by atoms with Gasteiger partial charge < -0.3 is 15.8 Å². The van der Waals surface area contributed by atoms with Crippen molar-refractivity contribution in [1.82, 2.24) is 4.98 Å². The number of nitrogens with two attached hydrogens (primary N) is 1. The van der Waals surface area contributed by atoms with E-state index < -0.39 is 11.9 Å². The van der Waals surface area contributed by atoms with Gasteiger partial charge in [-0.1, -0.05) is 23.7 Å². The normalized spacial score (nSPS) is 12.9. The molecule has 0 radical (unpaired) electrons. The monoisotopic (exact) mass is 238 g/mol. The molecule has 1 atom stereocenters. The Hall–Kier alpha value is -1.52. The molecule has 0 aliphatic carbocycles. The van der Waals surface area contributed by atoms with E-state index in [2.05, 4.69) is 4.98 Å². The van der Waals surface area contributed by atoms with Crippen molar-refractivity contribution in [3.05, 3.63) is 35.0 Å². The molecule has 5 heteroatoms. The maximum Gasteiger partial charge on any atom is 0.312 e. The molecule has 0 spiro atoms. The van der Waals surface area contributed by atoms with Crippen LogP contribution in [0.2, 0.25) is 5.02 Å². The molecule has 84 valence electrons. The van der Waals surface area contributed by atoms with E-state index in [-0.39, 0.29) is 6.54 Å². The molecular weight excluding hydrogens is 228 g/mol. The maximum atomic E-state index is 11.0. The minimum absolute atomic E-state index is 0.0787. The summed E-state index contributed by atoms with van der Waals surface area (Å²) in [6, 6.07) is 5.32. The van der Waals surface area contributed by atoms with Crippen molar-refractivity contribution in [2.75, 3.05) is 6.54 Å². The molecule has 0 aliphatic rings. The van der Waals surface area contributed by atoms with Gasteiger partial charge >= 0.3 is 5.97 Å². The van der Waals surface area contributed by atoms with Gasteiger partial charge in [-0.3, -0.25) is 4.79 Å². The summed E-state index contributed by atoms with van der Waals surface area (Å²) in [5.74, 6) is -1.59. The lowest BCUT2D eigenvalue weighted by atomic mass is 9.98. The second-order valence-electron chi connectivity index (χ2n) is 3.57. The predicted octanol–water partition coefficient (Wildman–Crippen LogP) is 1.95. The number of H-pyrrole nitrogens is 1. The lowest BCUT2D eigenvalue weighted by Gasteiger charge is -2.09. The average molecular weight is 239 g/mol. The summed E-state index contributed by atoms with van der Waals surface area (Å²) in [6.07, 6.45) is 1.67. The first kappa shape index (κ1) is 11.0. The molecule has 0 amide bonds. The van der Waals surface area contributed by atoms with Crippen molar-refractivity contribution in [2.24, 2.45) is 5.73 Å². The van der Waals surface area contributed by atoms with Gasteiger partial charge in [-0.05, 0) is 11.6 Å². The quantitative estimate of drug-likeness (QED) is 0.765. The van der Waals surface area contributed by atoms with Crippen LogP contribution in [0.15, 0.2) is 24.4 Å². The zero-order valence-corrected chi connectivity index (χ0v) is 9.16. The number of carboxylic acids is 1. The van der Waals surface area contributed by atoms with Crippen molar-refractivity contribution >= 4 is 28.5 Å². The van der Waals surface area contributed by atoms with E-state index in [0.717, 1.165) is 10.9 Å². The number of aromatic nitrogens is 1. The Bertz CT molecular complexity index is 536. The summed E-state index contributed by atoms with van der Waals surface area (Å²) in [5, 5.41) is 10.5. The summed E-state index contributed by atoms with van der Waals surface area (Å²) < 4.78 is 0. The molecule has 4 N–H and O–H groups in total. The van der Waals surface area contributed by atoms with Crippen molar-refractivity contribution in [3.8, 4) is 0 Å². The standard InChI is InChI=1S/C11H11ClN2O2/c12-9-5-14-10-3-6(1-2-7(9)10)8(4-13)11(15)16/h1-3,5,8,14H,4,13H2,(H,15,16). The first-order chi connectivity index (χ1) is 7.63. The molecule has 2 rings (SSSR count). The molecule has 1 aromatic carbocycles. The summed E-state index contributed by atoms with van der Waals surface area (Å²) in [5.41, 5.74) is 6.94. The number of aliphatic carboxylic acids is 1. The van der Waals surface area contributed by atoms with Crippen LogP contribution in [0.4, 0.5) is 0 Å². The highest BCUT2D eigenvalue weighted by Gasteiger charge is 2.18. The number of hydrogen-bond donors (Lipinski definition) is 3. The molecular formula is C11H11ClN2O2. The van der Waals surface area contributed by atoms with E-state index in [1.165, 1.54) is 0 Å². The number of fused-ring (bicyclic) bond motifs is 1. The highest BCUT2D eigenvalue weighted by atomic mass is 35.5. The van der Waals surface area contributed by atoms with E-state index in [1.807, 2.05) is 0 Å². The SMILES string of the molecule is NCC(C(=O)O)c1ccc2c(Cl)c[nH]c2c1. The molecule has 0 saturated carbocycles. The largest absolute Gasteiger partial charge is 0.481 e. The van der Waals surface area contributed by atoms with Gasteiger partial charge in [0.05, 0.1) is 10.9 Å². The number of rotatable bonds is 3. The Kier molecular flexibility index (Phi) is 2.85. The summed E-state index contributed by atoms with van der Waals surface area (Å²) in [7, 11) is 0. The van der Waals surface area contributed by atoms with Crippen LogP contribution in [0.25, 0.3) is 10.9 Å². The smallest absolute Gasteiger partial charge is 0.312 e. The van der Waals surface area contributed by atoms with E-state index in [1.54, 1.807) is 24.4 Å². The Morgan fingerprint density at radius 1 is 1.56 bits per heavy atom. The summed E-state index contributed by atoms with van der Waals surface area (Å²) in [4.78, 5) is 13.9. The molecule has 2 aromatic rings. The Balaban J connectivity index is 2.50. The summed E-state index contributed by atoms with van der Waals surface area (Å²) >= 11 is 5.93. The van der Waals surface area contributed by atoms with Crippen molar-refractivity contribution < 1.29 is 9.90 Å². The zero-order valence-electron chi connectivity index (χ0n) is 8.40. The molecule has 0 saturated heterocycles. The summed E-state index contributed by atoms with van der Waals surface area (Å²) in [6.45, 7) is 0.0787. The van der Waals surface area contributed by atoms with Gasteiger partial charge in [0, 0.05) is 23.6 Å². The Labute approximate surface area is 97.0 Å². The highest BCUT2D eigenvalue weighted by Crippen LogP contribution is 2.26. The van der Waals surface area contributed by atoms with Crippen LogP contribution in [-0.2, 0) is 4.79 Å². The molecule has 0 aliphatic heterocycles. The van der Waals surface area contributed by atoms with E-state index >= 15 is 0 Å². The lowest BCUT2D eigenvalue weighted by molar-refractivity contribution is -0.138. The second kappa shape index (κ2) is 4.15. The van der Waals surface area contributed by atoms with Crippen molar-refractivity contribution in [2.45, 2.75) is 5.92 Å². The zero-order chi connectivity index (χ0) is 11.7. The van der Waals surface area contributed by atoms with Gasteiger partial charge in [0.25, 0.3) is 0 Å². The van der Waals surface area contributed by atoms with E-state index in [9.17, 15) is 4.79 Å². The van der Waals surface area contributed by atoms with E-state index in [0.29, 0.717) is 10.6 Å². The van der Waals surface area contributed by atoms with Crippen LogP contribution >= 0.6 is 11.6 Å². The van der Waals surface area contributed by atoms with Gasteiger partial charge in [-0.2, -0.15) is 0 Å². The fraction of sp³-hybridized carbons (Fsp3) is 0.182. The molecule has 0 fully saturated rings. The fourth-order valence-corrected chi connectivity index (χ4v) is 1.92. The number of carboxylic acid groups (broad SMARTS) is 1. The number of nitrogens with one attached hydrogen (secondary N) is 1. The second-order valence-corrected chi connectivity index (χ2v) is 3.98. The minimum Gasteiger partial charge on any atom is -0.481 e. The van der Waals surface area contributed by atoms with Gasteiger partial charge in [0.1, 0.15) is 0 Å². The van der Waals surface area contributed by atoms with Crippen molar-refractivity contribution in [3.63, 3.8) is 0 Å². The minimum atomic E-state index is -0.917. The molecule has 0 bridgehead atoms. The van der Waals surface area contributed by atoms with Crippen LogP contribution in [0, 0.1) is 0 Å². The first-order valence-electron chi connectivity index (χ1n) is 4.83. The van der Waals surface area contributed by atoms with Crippen LogP contribution in [-0.4, -0.2) is 22.6 Å². The number of halogens is 1. The lowest BCUT2D eigenvalue weighted by Crippen LogP contribution is -2.20. The third-order valence-electron chi connectivity index (χ3n) is 2.59. The number of carbonyl (C=O) groups is 1. The Morgan fingerprint density at radius 2 is 2.31 bits per heavy atom. The fourth-order valence-electron chi connectivity index (χ4n) is 1.70. The molecule has 4 nitrogen and oxygen atoms in total. The third-order valence-corrected chi connectivity index (χ3v) is 2.90. The topological polar surface area (TPSA) is 79.1 Å². The Morgan fingerprint density at radius 3 is 2.94 bits per heavy atom. The van der Waals surface area contributed by atoms with Gasteiger partial charge in [-0.25, -0.2) is 0 Å². The molecule has 16 heavy (non-hydrogen) atoms. The molecule has 1 aromatic heterocycles. The van der Waals surface area contributed by atoms with Crippen LogP contribution in [0.3, 0.4) is 0 Å². The molecule has 1 heterocycles. The average Bonchev–Trinajstić information content (AvgIpc) is 2.61. The van der Waals surface area contributed by atoms with Crippen LogP contribution in [0.1, 0.15) is 11.5 Å². The van der Waals surface area contributed by atoms with Gasteiger partial charge in [0.15, 0.2) is 0 Å². The third kappa shape index (κ3) is 1.77. The van der Waals surface area contributed by atoms with Crippen LogP contribution in [0.5, 0.6) is 0 Å². The predicted molar refractivity (Wildman–Crippen MR) is 62.7 cm³/mol. The number of benzene rings is 1. The first-order valence-corrected chi connectivity index (χ1v) is 5.20.